The first-order valence-corrected chi connectivity index (χ1v) is 5.26. The average molecular weight is 198 g/mol. The maximum absolute atomic E-state index is 5.88. The van der Waals surface area contributed by atoms with Crippen LogP contribution in [0, 0.1) is 0 Å². The Morgan fingerprint density at radius 2 is 2.15 bits per heavy atom. The minimum absolute atomic E-state index is 0.621. The van der Waals surface area contributed by atoms with E-state index in [2.05, 4.69) is 18.8 Å². The maximum atomic E-state index is 5.88. The predicted octanol–water partition coefficient (Wildman–Crippen LogP) is 4.03. The molecule has 72 valence electrons. The van der Waals surface area contributed by atoms with Crippen molar-refractivity contribution in [1.29, 1.82) is 0 Å². The molecule has 0 saturated heterocycles. The highest BCUT2D eigenvalue weighted by molar-refractivity contribution is 6.30. The van der Waals surface area contributed by atoms with Gasteiger partial charge in [-0.05, 0) is 30.4 Å². The molecule has 1 heterocycles. The van der Waals surface area contributed by atoms with Crippen LogP contribution in [0.2, 0.25) is 5.02 Å². The normalized spacial score (nSPS) is 12.8. The van der Waals surface area contributed by atoms with Crippen LogP contribution in [-0.4, -0.2) is 4.98 Å². The number of nitrogens with zero attached hydrogens (tertiary/aromatic N) is 1. The van der Waals surface area contributed by atoms with Crippen molar-refractivity contribution < 1.29 is 0 Å². The third-order valence-electron chi connectivity index (χ3n) is 2.33. The lowest BCUT2D eigenvalue weighted by atomic mass is 9.94. The van der Waals surface area contributed by atoms with Gasteiger partial charge in [0.1, 0.15) is 0 Å². The molecule has 0 radical (unpaired) electrons. The molecule has 0 aliphatic rings. The van der Waals surface area contributed by atoms with E-state index in [9.17, 15) is 0 Å². The molecule has 1 rings (SSSR count). The van der Waals surface area contributed by atoms with Crippen molar-refractivity contribution >= 4 is 11.6 Å². The molecular formula is C11H16ClN. The number of hydrogen-bond donors (Lipinski definition) is 0. The van der Waals surface area contributed by atoms with Crippen LogP contribution in [0.5, 0.6) is 0 Å². The molecule has 13 heavy (non-hydrogen) atoms. The Bertz CT molecular complexity index is 260. The second kappa shape index (κ2) is 5.23. The van der Waals surface area contributed by atoms with Gasteiger partial charge in [0.2, 0.25) is 0 Å². The highest BCUT2D eigenvalue weighted by Crippen LogP contribution is 2.25. The van der Waals surface area contributed by atoms with Crippen molar-refractivity contribution in [3.8, 4) is 0 Å². The summed E-state index contributed by atoms with van der Waals surface area (Å²) in [4.78, 5) is 4.10. The standard InChI is InChI=1S/C11H16ClN/c1-3-5-9(4-2)10-6-11(12)8-13-7-10/h6-9H,3-5H2,1-2H3. The first kappa shape index (κ1) is 10.5. The second-order valence-corrected chi connectivity index (χ2v) is 3.77. The van der Waals surface area contributed by atoms with Crippen molar-refractivity contribution in [2.24, 2.45) is 0 Å². The topological polar surface area (TPSA) is 12.9 Å². The molecule has 0 fully saturated rings. The van der Waals surface area contributed by atoms with Gasteiger partial charge in [-0.15, -0.1) is 0 Å². The molecule has 0 aromatic carbocycles. The highest BCUT2D eigenvalue weighted by Gasteiger charge is 2.08. The summed E-state index contributed by atoms with van der Waals surface area (Å²) < 4.78 is 0. The third-order valence-corrected chi connectivity index (χ3v) is 2.53. The Hall–Kier alpha value is -0.560. The van der Waals surface area contributed by atoms with Crippen LogP contribution >= 0.6 is 11.6 Å². The summed E-state index contributed by atoms with van der Waals surface area (Å²) in [5.41, 5.74) is 1.27. The summed E-state index contributed by atoms with van der Waals surface area (Å²) in [5.74, 6) is 0.621. The van der Waals surface area contributed by atoms with Gasteiger partial charge in [0.25, 0.3) is 0 Å². The van der Waals surface area contributed by atoms with E-state index < -0.39 is 0 Å². The SMILES string of the molecule is CCCC(CC)c1cncc(Cl)c1. The van der Waals surface area contributed by atoms with Gasteiger partial charge in [0.05, 0.1) is 5.02 Å². The molecule has 0 spiro atoms. The number of hydrogen-bond acceptors (Lipinski definition) is 1. The molecule has 0 amide bonds. The Morgan fingerprint density at radius 1 is 1.38 bits per heavy atom. The van der Waals surface area contributed by atoms with Gasteiger partial charge in [0.15, 0.2) is 0 Å². The molecule has 2 heteroatoms. The summed E-state index contributed by atoms with van der Waals surface area (Å²) in [6.07, 6.45) is 7.21. The summed E-state index contributed by atoms with van der Waals surface area (Å²) >= 11 is 5.88. The molecule has 1 nitrogen and oxygen atoms in total. The van der Waals surface area contributed by atoms with Gasteiger partial charge in [-0.3, -0.25) is 4.98 Å². The Morgan fingerprint density at radius 3 is 2.69 bits per heavy atom. The summed E-state index contributed by atoms with van der Waals surface area (Å²) in [6, 6.07) is 2.03. The van der Waals surface area contributed by atoms with Crippen molar-refractivity contribution in [3.63, 3.8) is 0 Å². The van der Waals surface area contributed by atoms with Gasteiger partial charge < -0.3 is 0 Å². The van der Waals surface area contributed by atoms with Crippen molar-refractivity contribution in [3.05, 3.63) is 29.0 Å². The number of halogens is 1. The largest absolute Gasteiger partial charge is 0.263 e. The monoisotopic (exact) mass is 197 g/mol. The Labute approximate surface area is 85.1 Å². The molecule has 1 aromatic rings. The van der Waals surface area contributed by atoms with E-state index in [0.717, 1.165) is 11.4 Å². The lowest BCUT2D eigenvalue weighted by Gasteiger charge is -2.13. The third kappa shape index (κ3) is 3.00. The summed E-state index contributed by atoms with van der Waals surface area (Å²) in [7, 11) is 0. The minimum Gasteiger partial charge on any atom is -0.263 e. The predicted molar refractivity (Wildman–Crippen MR) is 57.2 cm³/mol. The van der Waals surface area contributed by atoms with E-state index in [1.807, 2.05) is 12.3 Å². The fourth-order valence-electron chi connectivity index (χ4n) is 1.61. The van der Waals surface area contributed by atoms with Crippen molar-refractivity contribution in [2.75, 3.05) is 0 Å². The van der Waals surface area contributed by atoms with Crippen LogP contribution in [0.3, 0.4) is 0 Å². The molecule has 0 aliphatic heterocycles. The number of rotatable bonds is 4. The smallest absolute Gasteiger partial charge is 0.0592 e. The van der Waals surface area contributed by atoms with E-state index in [-0.39, 0.29) is 0 Å². The number of pyridine rings is 1. The van der Waals surface area contributed by atoms with Gasteiger partial charge in [-0.25, -0.2) is 0 Å². The Balaban J connectivity index is 2.78. The zero-order valence-corrected chi connectivity index (χ0v) is 9.01. The molecule has 0 bridgehead atoms. The molecule has 1 atom stereocenters. The summed E-state index contributed by atoms with van der Waals surface area (Å²) in [5, 5.41) is 0.743. The maximum Gasteiger partial charge on any atom is 0.0592 e. The quantitative estimate of drug-likeness (QED) is 0.710. The fourth-order valence-corrected chi connectivity index (χ4v) is 1.79. The summed E-state index contributed by atoms with van der Waals surface area (Å²) in [6.45, 7) is 4.42. The van der Waals surface area contributed by atoms with Crippen LogP contribution in [0.4, 0.5) is 0 Å². The van der Waals surface area contributed by atoms with Crippen LogP contribution in [0.1, 0.15) is 44.6 Å². The second-order valence-electron chi connectivity index (χ2n) is 3.33. The first-order chi connectivity index (χ1) is 6.27. The highest BCUT2D eigenvalue weighted by atomic mass is 35.5. The number of aromatic nitrogens is 1. The van der Waals surface area contributed by atoms with Gasteiger partial charge in [-0.1, -0.05) is 31.9 Å². The lowest BCUT2D eigenvalue weighted by molar-refractivity contribution is 0.594. The lowest BCUT2D eigenvalue weighted by Crippen LogP contribution is -1.97. The van der Waals surface area contributed by atoms with Crippen molar-refractivity contribution in [1.82, 2.24) is 4.98 Å². The zero-order valence-electron chi connectivity index (χ0n) is 8.26. The van der Waals surface area contributed by atoms with Gasteiger partial charge >= 0.3 is 0 Å². The van der Waals surface area contributed by atoms with E-state index in [0.29, 0.717) is 5.92 Å². The van der Waals surface area contributed by atoms with Crippen LogP contribution in [0.25, 0.3) is 0 Å². The van der Waals surface area contributed by atoms with Crippen LogP contribution in [0.15, 0.2) is 18.5 Å². The Kier molecular flexibility index (Phi) is 4.23. The first-order valence-electron chi connectivity index (χ1n) is 4.88. The van der Waals surface area contributed by atoms with Crippen LogP contribution < -0.4 is 0 Å². The molecule has 1 unspecified atom stereocenters. The van der Waals surface area contributed by atoms with E-state index >= 15 is 0 Å². The van der Waals surface area contributed by atoms with Gasteiger partial charge in [0, 0.05) is 12.4 Å². The minimum atomic E-state index is 0.621. The van der Waals surface area contributed by atoms with Gasteiger partial charge in [-0.2, -0.15) is 0 Å². The molecule has 0 N–H and O–H groups in total. The van der Waals surface area contributed by atoms with E-state index in [1.165, 1.54) is 18.4 Å². The van der Waals surface area contributed by atoms with E-state index in [1.54, 1.807) is 6.20 Å². The van der Waals surface area contributed by atoms with Crippen molar-refractivity contribution in [2.45, 2.75) is 39.0 Å². The molecular weight excluding hydrogens is 182 g/mol. The fraction of sp³-hybridized carbons (Fsp3) is 0.545. The molecule has 1 aromatic heterocycles. The van der Waals surface area contributed by atoms with E-state index in [4.69, 9.17) is 11.6 Å². The molecule has 0 saturated carbocycles. The van der Waals surface area contributed by atoms with Crippen LogP contribution in [-0.2, 0) is 0 Å². The average Bonchev–Trinajstić information content (AvgIpc) is 2.14. The molecule has 0 aliphatic carbocycles. The zero-order chi connectivity index (χ0) is 9.68.